The molecule has 0 saturated carbocycles. The van der Waals surface area contributed by atoms with Gasteiger partial charge in [0.1, 0.15) is 5.25 Å². The number of hydrogen-bond acceptors (Lipinski definition) is 3. The maximum atomic E-state index is 10.6. The second kappa shape index (κ2) is 7.67. The van der Waals surface area contributed by atoms with E-state index in [1.807, 2.05) is 0 Å². The van der Waals surface area contributed by atoms with Crippen LogP contribution in [0.15, 0.2) is 0 Å². The second-order valence-electron chi connectivity index (χ2n) is 3.00. The summed E-state index contributed by atoms with van der Waals surface area (Å²) in [6.45, 7) is 2.07. The summed E-state index contributed by atoms with van der Waals surface area (Å²) in [5.74, 6) is -1.37. The first-order chi connectivity index (χ1) is 6.57. The van der Waals surface area contributed by atoms with Crippen molar-refractivity contribution in [3.63, 3.8) is 0 Å². The Hall–Kier alpha value is -0.710. The summed E-state index contributed by atoms with van der Waals surface area (Å²) in [4.78, 5) is 20.9. The molecule has 2 N–H and O–H groups in total. The molecule has 4 nitrogen and oxygen atoms in total. The van der Waals surface area contributed by atoms with E-state index in [0.717, 1.165) is 25.0 Å². The van der Waals surface area contributed by atoms with Crippen LogP contribution in [0.1, 0.15) is 32.6 Å². The van der Waals surface area contributed by atoms with Gasteiger partial charge in [0, 0.05) is 0 Å². The number of aliphatic carboxylic acids is 2. The first-order valence-electron chi connectivity index (χ1n) is 4.64. The lowest BCUT2D eigenvalue weighted by molar-refractivity contribution is -0.142. The normalized spacial score (nSPS) is 12.4. The van der Waals surface area contributed by atoms with E-state index in [4.69, 9.17) is 10.2 Å². The van der Waals surface area contributed by atoms with Gasteiger partial charge in [0.05, 0.1) is 6.42 Å². The molecule has 0 aliphatic heterocycles. The Morgan fingerprint density at radius 1 is 1.29 bits per heavy atom. The van der Waals surface area contributed by atoms with Crippen molar-refractivity contribution in [1.82, 2.24) is 0 Å². The molecule has 0 aromatic heterocycles. The van der Waals surface area contributed by atoms with Crippen molar-refractivity contribution >= 4 is 23.7 Å². The highest BCUT2D eigenvalue weighted by atomic mass is 32.2. The molecule has 0 spiro atoms. The maximum Gasteiger partial charge on any atom is 0.317 e. The molecule has 0 radical (unpaired) electrons. The van der Waals surface area contributed by atoms with Crippen LogP contribution in [0.4, 0.5) is 0 Å². The van der Waals surface area contributed by atoms with Gasteiger partial charge in [-0.15, -0.1) is 11.8 Å². The summed E-state index contributed by atoms with van der Waals surface area (Å²) >= 11 is 1.22. The Balaban J connectivity index is 3.74. The van der Waals surface area contributed by atoms with E-state index < -0.39 is 17.2 Å². The van der Waals surface area contributed by atoms with Crippen molar-refractivity contribution in [2.45, 2.75) is 37.9 Å². The SMILES string of the molecule is CCCCCS[C@H](CC(=O)O)C(=O)O. The summed E-state index contributed by atoms with van der Waals surface area (Å²) < 4.78 is 0. The topological polar surface area (TPSA) is 74.6 Å². The fourth-order valence-corrected chi connectivity index (χ4v) is 2.01. The molecule has 0 fully saturated rings. The molecule has 14 heavy (non-hydrogen) atoms. The van der Waals surface area contributed by atoms with E-state index in [1.165, 1.54) is 11.8 Å². The maximum absolute atomic E-state index is 10.6. The minimum Gasteiger partial charge on any atom is -0.481 e. The molecule has 0 aliphatic carbocycles. The molecule has 1 atom stereocenters. The Kier molecular flexibility index (Phi) is 7.28. The van der Waals surface area contributed by atoms with Crippen LogP contribution in [-0.2, 0) is 9.59 Å². The van der Waals surface area contributed by atoms with E-state index in [9.17, 15) is 9.59 Å². The van der Waals surface area contributed by atoms with Crippen LogP contribution in [0.25, 0.3) is 0 Å². The van der Waals surface area contributed by atoms with Gasteiger partial charge in [0.15, 0.2) is 0 Å². The number of carbonyl (C=O) groups is 2. The van der Waals surface area contributed by atoms with E-state index in [2.05, 4.69) is 6.92 Å². The van der Waals surface area contributed by atoms with Crippen molar-refractivity contribution in [2.75, 3.05) is 5.75 Å². The van der Waals surface area contributed by atoms with Crippen molar-refractivity contribution in [3.8, 4) is 0 Å². The summed E-state index contributed by atoms with van der Waals surface area (Å²) in [5, 5.41) is 16.4. The third-order valence-electron chi connectivity index (χ3n) is 1.70. The third kappa shape index (κ3) is 6.77. The second-order valence-corrected chi connectivity index (χ2v) is 4.31. The average Bonchev–Trinajstić information content (AvgIpc) is 2.09. The van der Waals surface area contributed by atoms with Crippen LogP contribution in [0, 0.1) is 0 Å². The molecule has 0 bridgehead atoms. The molecule has 0 aromatic rings. The van der Waals surface area contributed by atoms with Crippen LogP contribution in [-0.4, -0.2) is 33.2 Å². The lowest BCUT2D eigenvalue weighted by Gasteiger charge is -2.08. The zero-order valence-corrected chi connectivity index (χ0v) is 9.05. The highest BCUT2D eigenvalue weighted by Gasteiger charge is 2.20. The van der Waals surface area contributed by atoms with Crippen molar-refractivity contribution in [3.05, 3.63) is 0 Å². The molecule has 82 valence electrons. The molecular formula is C9H16O4S. The van der Waals surface area contributed by atoms with Gasteiger partial charge >= 0.3 is 11.9 Å². The number of carboxylic acid groups (broad SMARTS) is 2. The van der Waals surface area contributed by atoms with Crippen LogP contribution >= 0.6 is 11.8 Å². The van der Waals surface area contributed by atoms with Gasteiger partial charge in [-0.3, -0.25) is 9.59 Å². The smallest absolute Gasteiger partial charge is 0.317 e. The monoisotopic (exact) mass is 220 g/mol. The number of unbranched alkanes of at least 4 members (excludes halogenated alkanes) is 2. The Bertz CT molecular complexity index is 193. The fourth-order valence-electron chi connectivity index (χ4n) is 0.954. The largest absolute Gasteiger partial charge is 0.481 e. The lowest BCUT2D eigenvalue weighted by Crippen LogP contribution is -2.20. The molecular weight excluding hydrogens is 204 g/mol. The zero-order valence-electron chi connectivity index (χ0n) is 8.23. The minimum atomic E-state index is -1.06. The lowest BCUT2D eigenvalue weighted by atomic mass is 10.3. The van der Waals surface area contributed by atoms with Crippen LogP contribution in [0.2, 0.25) is 0 Å². The van der Waals surface area contributed by atoms with Gasteiger partial charge in [-0.2, -0.15) is 0 Å². The Labute approximate surface area is 87.7 Å². The highest BCUT2D eigenvalue weighted by molar-refractivity contribution is 8.00. The summed E-state index contributed by atoms with van der Waals surface area (Å²) in [5.41, 5.74) is 0. The van der Waals surface area contributed by atoms with Gasteiger partial charge in [0.2, 0.25) is 0 Å². The van der Waals surface area contributed by atoms with E-state index >= 15 is 0 Å². The summed E-state index contributed by atoms with van der Waals surface area (Å²) in [7, 11) is 0. The predicted molar refractivity (Wildman–Crippen MR) is 55.7 cm³/mol. The first-order valence-corrected chi connectivity index (χ1v) is 5.69. The number of hydrogen-bond donors (Lipinski definition) is 2. The standard InChI is InChI=1S/C9H16O4S/c1-2-3-4-5-14-7(9(12)13)6-8(10)11/h7H,2-6H2,1H3,(H,10,11)(H,12,13)/t7-/m1/s1. The Morgan fingerprint density at radius 3 is 2.36 bits per heavy atom. The molecule has 0 heterocycles. The zero-order chi connectivity index (χ0) is 11.0. The molecule has 0 aliphatic rings. The van der Waals surface area contributed by atoms with Crippen LogP contribution in [0.3, 0.4) is 0 Å². The van der Waals surface area contributed by atoms with Crippen LogP contribution < -0.4 is 0 Å². The minimum absolute atomic E-state index is 0.299. The summed E-state index contributed by atoms with van der Waals surface area (Å²) in [6, 6.07) is 0. The summed E-state index contributed by atoms with van der Waals surface area (Å²) in [6.07, 6.45) is 2.79. The quantitative estimate of drug-likeness (QED) is 0.610. The molecule has 0 amide bonds. The first kappa shape index (κ1) is 13.3. The fraction of sp³-hybridized carbons (Fsp3) is 0.778. The average molecular weight is 220 g/mol. The molecule has 0 unspecified atom stereocenters. The van der Waals surface area contributed by atoms with Gasteiger partial charge in [0.25, 0.3) is 0 Å². The predicted octanol–water partition coefficient (Wildman–Crippen LogP) is 1.84. The number of rotatable bonds is 8. The van der Waals surface area contributed by atoms with Gasteiger partial charge in [-0.25, -0.2) is 0 Å². The third-order valence-corrected chi connectivity index (χ3v) is 3.00. The van der Waals surface area contributed by atoms with Gasteiger partial charge in [-0.05, 0) is 12.2 Å². The van der Waals surface area contributed by atoms with Gasteiger partial charge < -0.3 is 10.2 Å². The van der Waals surface area contributed by atoms with Crippen LogP contribution in [0.5, 0.6) is 0 Å². The van der Waals surface area contributed by atoms with Crippen molar-refractivity contribution in [1.29, 1.82) is 0 Å². The van der Waals surface area contributed by atoms with E-state index in [-0.39, 0.29) is 6.42 Å². The molecule has 5 heteroatoms. The Morgan fingerprint density at radius 2 is 1.93 bits per heavy atom. The van der Waals surface area contributed by atoms with E-state index in [1.54, 1.807) is 0 Å². The number of thioether (sulfide) groups is 1. The molecule has 0 saturated heterocycles. The highest BCUT2D eigenvalue weighted by Crippen LogP contribution is 2.17. The van der Waals surface area contributed by atoms with Crippen molar-refractivity contribution in [2.24, 2.45) is 0 Å². The van der Waals surface area contributed by atoms with Gasteiger partial charge in [-0.1, -0.05) is 19.8 Å². The van der Waals surface area contributed by atoms with E-state index in [0.29, 0.717) is 0 Å². The van der Waals surface area contributed by atoms with Crippen molar-refractivity contribution < 1.29 is 19.8 Å². The number of carboxylic acids is 2. The molecule has 0 aromatic carbocycles. The molecule has 0 rings (SSSR count).